The summed E-state index contributed by atoms with van der Waals surface area (Å²) < 4.78 is 50.3. The van der Waals surface area contributed by atoms with Gasteiger partial charge in [-0.25, -0.2) is 8.78 Å². The molecule has 0 bridgehead atoms. The van der Waals surface area contributed by atoms with E-state index in [1.165, 1.54) is 24.3 Å². The van der Waals surface area contributed by atoms with E-state index in [4.69, 9.17) is 0 Å². The fourth-order valence-electron chi connectivity index (χ4n) is 6.10. The van der Waals surface area contributed by atoms with Crippen molar-refractivity contribution in [2.45, 2.75) is 36.5 Å². The number of carboxylic acid groups (broad SMARTS) is 2. The Bertz CT molecular complexity index is 2040. The van der Waals surface area contributed by atoms with Crippen LogP contribution in [0.15, 0.2) is 106 Å². The average Bonchev–Trinajstić information content (AvgIpc) is 3.45. The molecule has 0 radical (unpaired) electrons. The molecule has 0 fully saturated rings. The number of fused-ring (bicyclic) bond motifs is 2. The molecular weight excluding hydrogens is 744 g/mol. The van der Waals surface area contributed by atoms with Gasteiger partial charge in [0.25, 0.3) is 0 Å². The van der Waals surface area contributed by atoms with Gasteiger partial charge in [-0.1, -0.05) is 36.4 Å². The van der Waals surface area contributed by atoms with Crippen molar-refractivity contribution in [1.29, 1.82) is 0 Å². The predicted molar refractivity (Wildman–Crippen MR) is 191 cm³/mol. The summed E-state index contributed by atoms with van der Waals surface area (Å²) in [5.74, 6) is -3.20. The second-order valence-electron chi connectivity index (χ2n) is 11.8. The predicted octanol–water partition coefficient (Wildman–Crippen LogP) is 6.06. The van der Waals surface area contributed by atoms with E-state index in [9.17, 15) is 37.0 Å². The van der Waals surface area contributed by atoms with E-state index >= 15 is 0 Å². The van der Waals surface area contributed by atoms with Gasteiger partial charge in [0.05, 0.1) is 0 Å². The van der Waals surface area contributed by atoms with Crippen molar-refractivity contribution in [3.8, 4) is 0 Å². The molecule has 0 amide bonds. The Balaban J connectivity index is 0.000000224. The number of hydrogen-bond donors (Lipinski definition) is 0. The third kappa shape index (κ3) is 9.08. The number of carboxylic acids is 2. The molecule has 0 aromatic heterocycles. The number of benzene rings is 4. The van der Waals surface area contributed by atoms with Gasteiger partial charge in [-0.15, -0.1) is 0 Å². The molecule has 0 spiro atoms. The topological polar surface area (TPSA) is 114 Å². The van der Waals surface area contributed by atoms with Crippen LogP contribution in [-0.2, 0) is 50.7 Å². The fourth-order valence-corrected chi connectivity index (χ4v) is 7.13. The standard InChI is InChI=1S/2C20H17FO3S.Zn/c2*1-12-17(9-13-3-6-15(7-4-13)25(2)24)16-8-5-14(21)10-19(16)18(12)11-20(22)23;/h2*3-10H,11H2,1-2H3,(H,22,23);/q;;+2/p-2/b2*17-9-;. The number of aliphatic carboxylic acids is 2. The Hall–Kier alpha value is -4.44. The molecule has 2 aliphatic rings. The SMILES string of the molecule is CC1=C(CC(=O)[O-])c2cc(F)ccc2/C1=C\c1ccc(S(C)=O)cc1.CC1=C(CC(=O)[O-])c2cc(F)ccc2/C1=C\c1ccc(S(C)=O)cc1.[Zn+2]. The molecule has 6 nitrogen and oxygen atoms in total. The molecule has 0 aliphatic heterocycles. The van der Waals surface area contributed by atoms with E-state index in [0.29, 0.717) is 22.3 Å². The maximum Gasteiger partial charge on any atom is 2.00 e. The van der Waals surface area contributed by atoms with Gasteiger partial charge in [-0.3, -0.25) is 8.42 Å². The molecule has 2 aliphatic carbocycles. The van der Waals surface area contributed by atoms with Crippen molar-refractivity contribution in [2.24, 2.45) is 0 Å². The average molecular weight is 776 g/mol. The van der Waals surface area contributed by atoms with Gasteiger partial charge < -0.3 is 19.8 Å². The van der Waals surface area contributed by atoms with E-state index in [-0.39, 0.29) is 32.3 Å². The monoisotopic (exact) mass is 774 g/mol. The smallest absolute Gasteiger partial charge is 0.550 e. The number of rotatable bonds is 8. The summed E-state index contributed by atoms with van der Waals surface area (Å²) >= 11 is 0. The molecule has 0 saturated carbocycles. The summed E-state index contributed by atoms with van der Waals surface area (Å²) in [5.41, 5.74) is 9.06. The first-order valence-electron chi connectivity index (χ1n) is 15.4. The maximum atomic E-state index is 13.6. The Morgan fingerprint density at radius 2 is 0.922 bits per heavy atom. The zero-order chi connectivity index (χ0) is 36.3. The number of carbonyl (C=O) groups excluding carboxylic acids is 2. The van der Waals surface area contributed by atoms with Gasteiger partial charge in [0, 0.05) is 68.7 Å². The van der Waals surface area contributed by atoms with Crippen LogP contribution >= 0.6 is 0 Å². The fraction of sp³-hybridized carbons (Fsp3) is 0.150. The molecule has 4 aromatic carbocycles. The van der Waals surface area contributed by atoms with Crippen molar-refractivity contribution in [3.63, 3.8) is 0 Å². The second kappa shape index (κ2) is 16.7. The minimum Gasteiger partial charge on any atom is -0.550 e. The van der Waals surface area contributed by atoms with Crippen LogP contribution in [0.3, 0.4) is 0 Å². The van der Waals surface area contributed by atoms with Crippen LogP contribution in [0.2, 0.25) is 0 Å². The third-order valence-electron chi connectivity index (χ3n) is 8.60. The van der Waals surface area contributed by atoms with Crippen molar-refractivity contribution < 1.29 is 56.5 Å². The molecule has 0 saturated heterocycles. The van der Waals surface area contributed by atoms with Crippen LogP contribution < -0.4 is 10.2 Å². The Morgan fingerprint density at radius 3 is 1.22 bits per heavy atom. The van der Waals surface area contributed by atoms with Gasteiger partial charge >= 0.3 is 19.5 Å². The summed E-state index contributed by atoms with van der Waals surface area (Å²) in [6.07, 6.45) is 6.58. The first-order valence-corrected chi connectivity index (χ1v) is 18.6. The summed E-state index contributed by atoms with van der Waals surface area (Å²) in [6, 6.07) is 23.4. The molecule has 11 heteroatoms. The van der Waals surface area contributed by atoms with Gasteiger partial charge in [0.2, 0.25) is 0 Å². The molecule has 0 N–H and O–H groups in total. The van der Waals surface area contributed by atoms with Gasteiger partial charge in [-0.2, -0.15) is 0 Å². The summed E-state index contributed by atoms with van der Waals surface area (Å²) in [7, 11) is -2.09. The zero-order valence-electron chi connectivity index (χ0n) is 28.4. The summed E-state index contributed by atoms with van der Waals surface area (Å²) in [4.78, 5) is 23.6. The molecule has 2 unspecified atom stereocenters. The first-order chi connectivity index (χ1) is 23.7. The van der Waals surface area contributed by atoms with Gasteiger partial charge in [0.1, 0.15) is 11.6 Å². The van der Waals surface area contributed by atoms with Crippen LogP contribution in [0.25, 0.3) is 34.4 Å². The largest absolute Gasteiger partial charge is 2.00 e. The van der Waals surface area contributed by atoms with E-state index < -0.39 is 45.2 Å². The van der Waals surface area contributed by atoms with E-state index in [0.717, 1.165) is 54.3 Å². The minimum absolute atomic E-state index is 0. The summed E-state index contributed by atoms with van der Waals surface area (Å²) in [5, 5.41) is 22.1. The number of allylic oxidation sites excluding steroid dienone is 4. The van der Waals surface area contributed by atoms with Crippen LogP contribution in [-0.4, -0.2) is 32.9 Å². The van der Waals surface area contributed by atoms with Crippen LogP contribution in [0, 0.1) is 11.6 Å². The van der Waals surface area contributed by atoms with Crippen molar-refractivity contribution in [1.82, 2.24) is 0 Å². The van der Waals surface area contributed by atoms with E-state index in [1.807, 2.05) is 50.3 Å². The molecule has 4 aromatic rings. The van der Waals surface area contributed by atoms with Crippen LogP contribution in [0.4, 0.5) is 8.78 Å². The number of carbonyl (C=O) groups is 2. The van der Waals surface area contributed by atoms with Gasteiger partial charge in [0.15, 0.2) is 0 Å². The molecule has 6 rings (SSSR count). The molecule has 51 heavy (non-hydrogen) atoms. The third-order valence-corrected chi connectivity index (χ3v) is 10.5. The first kappa shape index (κ1) is 39.4. The number of hydrogen-bond acceptors (Lipinski definition) is 6. The van der Waals surface area contributed by atoms with Crippen molar-refractivity contribution in [3.05, 3.63) is 141 Å². The number of halogens is 2. The quantitative estimate of drug-likeness (QED) is 0.201. The Morgan fingerprint density at radius 1 is 0.588 bits per heavy atom. The van der Waals surface area contributed by atoms with Crippen LogP contribution in [0.1, 0.15) is 60.1 Å². The second-order valence-corrected chi connectivity index (χ2v) is 14.6. The molecule has 256 valence electrons. The van der Waals surface area contributed by atoms with Crippen LogP contribution in [0.5, 0.6) is 0 Å². The molecule has 2 atom stereocenters. The molecule has 0 heterocycles. The maximum absolute atomic E-state index is 13.6. The van der Waals surface area contributed by atoms with Crippen molar-refractivity contribution >= 4 is 68.0 Å². The van der Waals surface area contributed by atoms with Crippen molar-refractivity contribution in [2.75, 3.05) is 12.5 Å². The Labute approximate surface area is 313 Å². The normalized spacial score (nSPS) is 15.9. The summed E-state index contributed by atoms with van der Waals surface area (Å²) in [6.45, 7) is 3.66. The zero-order valence-corrected chi connectivity index (χ0v) is 33.0. The Kier molecular flexibility index (Phi) is 12.9. The van der Waals surface area contributed by atoms with E-state index in [2.05, 4.69) is 0 Å². The molecular formula is C40H32F2O6S2Zn. The minimum atomic E-state index is -1.19. The van der Waals surface area contributed by atoms with Gasteiger partial charge in [-0.05, 0) is 141 Å². The van der Waals surface area contributed by atoms with E-state index in [1.54, 1.807) is 48.9 Å².